The minimum Gasteiger partial charge on any atom is -0.347 e. The van der Waals surface area contributed by atoms with Crippen molar-refractivity contribution in [3.05, 3.63) is 41.0 Å². The first-order valence-corrected chi connectivity index (χ1v) is 8.42. The molecule has 1 spiro atoms. The predicted molar refractivity (Wildman–Crippen MR) is 88.8 cm³/mol. The molecular weight excluding hydrogens is 330 g/mol. The number of piperidine rings is 1. The van der Waals surface area contributed by atoms with Gasteiger partial charge in [-0.25, -0.2) is 0 Å². The van der Waals surface area contributed by atoms with E-state index in [0.717, 1.165) is 5.56 Å². The number of carbonyl (C=O) groups excluding carboxylic acids is 1. The maximum absolute atomic E-state index is 12.7. The van der Waals surface area contributed by atoms with Crippen LogP contribution in [0.4, 0.5) is 0 Å². The maximum atomic E-state index is 12.7. The van der Waals surface area contributed by atoms with Gasteiger partial charge in [0.05, 0.1) is 18.9 Å². The van der Waals surface area contributed by atoms with Gasteiger partial charge in [-0.2, -0.15) is 5.10 Å². The van der Waals surface area contributed by atoms with Crippen molar-refractivity contribution in [2.75, 3.05) is 26.3 Å². The first-order valence-electron chi connectivity index (χ1n) is 8.04. The molecule has 0 unspecified atom stereocenters. The minimum atomic E-state index is -0.475. The number of aromatic nitrogens is 2. The molecule has 2 aliphatic rings. The van der Waals surface area contributed by atoms with Crippen LogP contribution in [0.2, 0.25) is 5.02 Å². The van der Waals surface area contributed by atoms with Crippen LogP contribution in [0.3, 0.4) is 0 Å². The first-order chi connectivity index (χ1) is 11.7. The van der Waals surface area contributed by atoms with Gasteiger partial charge in [-0.1, -0.05) is 23.7 Å². The summed E-state index contributed by atoms with van der Waals surface area (Å²) in [6.07, 6.45) is 1.40. The third-order valence-corrected chi connectivity index (χ3v) is 4.79. The molecule has 1 amide bonds. The summed E-state index contributed by atoms with van der Waals surface area (Å²) in [6, 6.07) is 9.17. The molecule has 1 N–H and O–H groups in total. The summed E-state index contributed by atoms with van der Waals surface area (Å²) >= 11 is 6.01. The molecule has 0 aliphatic carbocycles. The van der Waals surface area contributed by atoms with E-state index >= 15 is 0 Å². The molecule has 2 saturated heterocycles. The number of nitrogens with zero attached hydrogens (tertiary/aromatic N) is 2. The lowest BCUT2D eigenvalue weighted by atomic mass is 10.0. The van der Waals surface area contributed by atoms with Crippen molar-refractivity contribution in [3.8, 4) is 11.3 Å². The molecule has 0 radical (unpaired) electrons. The van der Waals surface area contributed by atoms with E-state index in [9.17, 15) is 4.79 Å². The standard InChI is InChI=1S/C17H18ClN3O3/c18-13-3-1-2-12(10-13)14-11-15(20-19-14)16(22)21-6-4-17(5-7-21)23-8-9-24-17/h1-3,10-11H,4-9H2,(H,19,20). The average Bonchev–Trinajstić information content (AvgIpc) is 3.25. The topological polar surface area (TPSA) is 67.5 Å². The van der Waals surface area contributed by atoms with E-state index in [-0.39, 0.29) is 5.91 Å². The second kappa shape index (κ2) is 6.20. The van der Waals surface area contributed by atoms with Gasteiger partial charge in [0.1, 0.15) is 5.69 Å². The Hall–Kier alpha value is -1.89. The van der Waals surface area contributed by atoms with Gasteiger partial charge in [0, 0.05) is 36.5 Å². The molecule has 1 aromatic heterocycles. The van der Waals surface area contributed by atoms with Crippen LogP contribution in [-0.2, 0) is 9.47 Å². The normalized spacial score (nSPS) is 19.8. The number of aromatic amines is 1. The minimum absolute atomic E-state index is 0.0522. The molecule has 0 bridgehead atoms. The Morgan fingerprint density at radius 1 is 1.21 bits per heavy atom. The second-order valence-corrected chi connectivity index (χ2v) is 6.51. The molecule has 24 heavy (non-hydrogen) atoms. The van der Waals surface area contributed by atoms with Crippen molar-refractivity contribution >= 4 is 17.5 Å². The number of hydrogen-bond donors (Lipinski definition) is 1. The zero-order valence-corrected chi connectivity index (χ0v) is 13.9. The highest BCUT2D eigenvalue weighted by molar-refractivity contribution is 6.30. The maximum Gasteiger partial charge on any atom is 0.271 e. The fourth-order valence-electron chi connectivity index (χ4n) is 3.23. The fourth-order valence-corrected chi connectivity index (χ4v) is 3.42. The lowest BCUT2D eigenvalue weighted by molar-refractivity contribution is -0.181. The van der Waals surface area contributed by atoms with Crippen molar-refractivity contribution in [2.45, 2.75) is 18.6 Å². The van der Waals surface area contributed by atoms with Crippen LogP contribution in [0.15, 0.2) is 30.3 Å². The molecule has 7 heteroatoms. The first kappa shape index (κ1) is 15.6. The van der Waals surface area contributed by atoms with E-state index in [1.807, 2.05) is 23.1 Å². The number of H-pyrrole nitrogens is 1. The predicted octanol–water partition coefficient (Wildman–Crippen LogP) is 2.71. The van der Waals surface area contributed by atoms with Crippen molar-refractivity contribution in [1.29, 1.82) is 0 Å². The van der Waals surface area contributed by atoms with Crippen molar-refractivity contribution in [1.82, 2.24) is 15.1 Å². The van der Waals surface area contributed by atoms with Crippen LogP contribution < -0.4 is 0 Å². The van der Waals surface area contributed by atoms with E-state index in [1.165, 1.54) is 0 Å². The molecule has 2 aliphatic heterocycles. The Morgan fingerprint density at radius 2 is 1.96 bits per heavy atom. The average molecular weight is 348 g/mol. The molecule has 2 fully saturated rings. The van der Waals surface area contributed by atoms with E-state index in [4.69, 9.17) is 21.1 Å². The van der Waals surface area contributed by atoms with Gasteiger partial charge in [0.2, 0.25) is 0 Å². The quantitative estimate of drug-likeness (QED) is 0.907. The lowest BCUT2D eigenvalue weighted by Gasteiger charge is -2.37. The van der Waals surface area contributed by atoms with Crippen LogP contribution >= 0.6 is 11.6 Å². The third kappa shape index (κ3) is 2.92. The Kier molecular flexibility index (Phi) is 4.04. The van der Waals surface area contributed by atoms with E-state index in [2.05, 4.69) is 10.2 Å². The van der Waals surface area contributed by atoms with E-state index < -0.39 is 5.79 Å². The van der Waals surface area contributed by atoms with E-state index in [0.29, 0.717) is 55.6 Å². The van der Waals surface area contributed by atoms with Crippen LogP contribution in [0.1, 0.15) is 23.3 Å². The molecule has 0 atom stereocenters. The number of amides is 1. The summed E-state index contributed by atoms with van der Waals surface area (Å²) in [7, 11) is 0. The van der Waals surface area contributed by atoms with Gasteiger partial charge in [0.15, 0.2) is 5.79 Å². The zero-order chi connectivity index (χ0) is 16.6. The number of nitrogens with one attached hydrogen (secondary N) is 1. The Morgan fingerprint density at radius 3 is 2.67 bits per heavy atom. The molecule has 3 heterocycles. The number of ether oxygens (including phenoxy) is 2. The lowest BCUT2D eigenvalue weighted by Crippen LogP contribution is -2.47. The molecule has 126 valence electrons. The van der Waals surface area contributed by atoms with Crippen molar-refractivity contribution < 1.29 is 14.3 Å². The Labute approximate surface area is 144 Å². The molecular formula is C17H18ClN3O3. The summed E-state index contributed by atoms with van der Waals surface area (Å²) in [6.45, 7) is 2.50. The number of rotatable bonds is 2. The third-order valence-electron chi connectivity index (χ3n) is 4.55. The SMILES string of the molecule is O=C(c1cc(-c2cccc(Cl)c2)n[nH]1)N1CCC2(CC1)OCCO2. The number of halogens is 1. The molecule has 0 saturated carbocycles. The highest BCUT2D eigenvalue weighted by Crippen LogP contribution is 2.31. The number of carbonyl (C=O) groups is 1. The van der Waals surface area contributed by atoms with Crippen LogP contribution in [0, 0.1) is 0 Å². The monoisotopic (exact) mass is 347 g/mol. The largest absolute Gasteiger partial charge is 0.347 e. The van der Waals surface area contributed by atoms with Gasteiger partial charge in [-0.05, 0) is 18.2 Å². The Balaban J connectivity index is 1.46. The highest BCUT2D eigenvalue weighted by Gasteiger charge is 2.41. The molecule has 4 rings (SSSR count). The van der Waals surface area contributed by atoms with Gasteiger partial charge >= 0.3 is 0 Å². The summed E-state index contributed by atoms with van der Waals surface area (Å²) in [5.74, 6) is -0.528. The number of benzene rings is 1. The van der Waals surface area contributed by atoms with Gasteiger partial charge < -0.3 is 14.4 Å². The van der Waals surface area contributed by atoms with Crippen LogP contribution in [0.25, 0.3) is 11.3 Å². The van der Waals surface area contributed by atoms with Crippen LogP contribution in [-0.4, -0.2) is 53.1 Å². The summed E-state index contributed by atoms with van der Waals surface area (Å²) < 4.78 is 11.4. The fraction of sp³-hybridized carbons (Fsp3) is 0.412. The number of likely N-dealkylation sites (tertiary alicyclic amines) is 1. The summed E-state index contributed by atoms with van der Waals surface area (Å²) in [5, 5.41) is 7.71. The molecule has 6 nitrogen and oxygen atoms in total. The smallest absolute Gasteiger partial charge is 0.271 e. The summed E-state index contributed by atoms with van der Waals surface area (Å²) in [5.41, 5.74) is 2.06. The number of hydrogen-bond acceptors (Lipinski definition) is 4. The van der Waals surface area contributed by atoms with Crippen molar-refractivity contribution in [2.24, 2.45) is 0 Å². The van der Waals surface area contributed by atoms with Crippen LogP contribution in [0.5, 0.6) is 0 Å². The van der Waals surface area contributed by atoms with Gasteiger partial charge in [0.25, 0.3) is 5.91 Å². The van der Waals surface area contributed by atoms with Gasteiger partial charge in [-0.3, -0.25) is 9.89 Å². The van der Waals surface area contributed by atoms with Gasteiger partial charge in [-0.15, -0.1) is 0 Å². The van der Waals surface area contributed by atoms with E-state index in [1.54, 1.807) is 12.1 Å². The Bertz CT molecular complexity index is 745. The molecule has 1 aromatic carbocycles. The highest BCUT2D eigenvalue weighted by atomic mass is 35.5. The molecule has 2 aromatic rings. The summed E-state index contributed by atoms with van der Waals surface area (Å²) in [4.78, 5) is 14.5. The second-order valence-electron chi connectivity index (χ2n) is 6.08. The zero-order valence-electron chi connectivity index (χ0n) is 13.1. The van der Waals surface area contributed by atoms with Crippen molar-refractivity contribution in [3.63, 3.8) is 0 Å².